The highest BCUT2D eigenvalue weighted by atomic mass is 35.5. The zero-order chi connectivity index (χ0) is 19.0. The maximum Gasteiger partial charge on any atom is 0.279 e. The van der Waals surface area contributed by atoms with Crippen molar-refractivity contribution in [3.63, 3.8) is 0 Å². The smallest absolute Gasteiger partial charge is 0.279 e. The van der Waals surface area contributed by atoms with Crippen molar-refractivity contribution in [2.75, 3.05) is 11.9 Å². The third-order valence-electron chi connectivity index (χ3n) is 4.14. The van der Waals surface area contributed by atoms with E-state index in [4.69, 9.17) is 11.6 Å². The van der Waals surface area contributed by atoms with Gasteiger partial charge in [-0.05, 0) is 17.7 Å². The van der Waals surface area contributed by atoms with Crippen molar-refractivity contribution in [1.82, 2.24) is 8.97 Å². The van der Waals surface area contributed by atoms with Crippen LogP contribution in [-0.4, -0.2) is 27.0 Å². The number of carbonyl (C=O) groups is 1. The summed E-state index contributed by atoms with van der Waals surface area (Å²) >= 11 is 5.96. The van der Waals surface area contributed by atoms with Crippen LogP contribution in [0.4, 0.5) is 5.69 Å². The maximum absolute atomic E-state index is 12.7. The number of anilines is 1. The van der Waals surface area contributed by atoms with E-state index in [1.807, 2.05) is 6.07 Å². The lowest BCUT2D eigenvalue weighted by Crippen LogP contribution is -2.30. The van der Waals surface area contributed by atoms with Crippen molar-refractivity contribution in [3.05, 3.63) is 74.0 Å². The molecule has 0 bridgehead atoms. The van der Waals surface area contributed by atoms with Crippen LogP contribution in [0.3, 0.4) is 0 Å². The molecular formula is C18H16ClN3O4. The first kappa shape index (κ1) is 17.8. The summed E-state index contributed by atoms with van der Waals surface area (Å²) in [6, 6.07) is 7.05. The Bertz CT molecular complexity index is 1130. The Kier molecular flexibility index (Phi) is 4.56. The molecule has 0 unspecified atom stereocenters. The van der Waals surface area contributed by atoms with Gasteiger partial charge >= 0.3 is 0 Å². The molecule has 0 saturated heterocycles. The number of halogens is 1. The van der Waals surface area contributed by atoms with E-state index in [0.717, 1.165) is 10.5 Å². The number of nitrogens with zero attached hydrogens (tertiary/aromatic N) is 3. The number of aromatic nitrogens is 2. The second kappa shape index (κ2) is 6.68. The standard InChI is InChI=1S/C18H16ClN3O4/c1-11(23)20(2)14-10-21-6-7-22(9-12-4-3-5-13(19)8-12)18(26)15(21)17(25)16(14)24/h3-8,10,25H,9H2,1-2H3. The Morgan fingerprint density at radius 3 is 2.65 bits per heavy atom. The van der Waals surface area contributed by atoms with Crippen molar-refractivity contribution in [3.8, 4) is 5.75 Å². The van der Waals surface area contributed by atoms with Crippen LogP contribution in [0.1, 0.15) is 12.5 Å². The summed E-state index contributed by atoms with van der Waals surface area (Å²) in [6.07, 6.45) is 4.43. The van der Waals surface area contributed by atoms with Gasteiger partial charge in [-0.2, -0.15) is 0 Å². The number of benzene rings is 1. The quantitative estimate of drug-likeness (QED) is 0.759. The Balaban J connectivity index is 2.17. The maximum atomic E-state index is 12.7. The molecule has 0 spiro atoms. The lowest BCUT2D eigenvalue weighted by atomic mass is 10.2. The highest BCUT2D eigenvalue weighted by Gasteiger charge is 2.18. The number of rotatable bonds is 3. The summed E-state index contributed by atoms with van der Waals surface area (Å²) in [6.45, 7) is 1.53. The van der Waals surface area contributed by atoms with Crippen LogP contribution >= 0.6 is 11.6 Å². The first-order valence-corrected chi connectivity index (χ1v) is 8.13. The fourth-order valence-corrected chi connectivity index (χ4v) is 2.87. The van der Waals surface area contributed by atoms with E-state index in [-0.39, 0.29) is 23.7 Å². The molecule has 134 valence electrons. The number of hydrogen-bond donors (Lipinski definition) is 1. The Hall–Kier alpha value is -3.06. The number of carbonyl (C=O) groups excluding carboxylic acids is 1. The Labute approximate surface area is 153 Å². The van der Waals surface area contributed by atoms with Gasteiger partial charge in [-0.25, -0.2) is 0 Å². The minimum Gasteiger partial charge on any atom is -0.502 e. The van der Waals surface area contributed by atoms with E-state index in [1.54, 1.807) is 18.2 Å². The van der Waals surface area contributed by atoms with E-state index < -0.39 is 16.7 Å². The average Bonchev–Trinajstić information content (AvgIpc) is 2.59. The van der Waals surface area contributed by atoms with Crippen LogP contribution < -0.4 is 15.9 Å². The van der Waals surface area contributed by atoms with Crippen LogP contribution in [0.2, 0.25) is 5.02 Å². The fourth-order valence-electron chi connectivity index (χ4n) is 2.66. The molecule has 0 atom stereocenters. The molecule has 0 fully saturated rings. The van der Waals surface area contributed by atoms with Crippen LogP contribution in [0.25, 0.3) is 5.52 Å². The molecule has 0 aliphatic rings. The van der Waals surface area contributed by atoms with E-state index in [9.17, 15) is 19.5 Å². The highest BCUT2D eigenvalue weighted by molar-refractivity contribution is 6.30. The van der Waals surface area contributed by atoms with Gasteiger partial charge < -0.3 is 19.0 Å². The third-order valence-corrected chi connectivity index (χ3v) is 4.37. The van der Waals surface area contributed by atoms with Crippen molar-refractivity contribution < 1.29 is 9.90 Å². The first-order valence-electron chi connectivity index (χ1n) is 7.75. The molecule has 1 N–H and O–H groups in total. The third kappa shape index (κ3) is 3.09. The zero-order valence-electron chi connectivity index (χ0n) is 14.1. The van der Waals surface area contributed by atoms with Gasteiger partial charge in [-0.1, -0.05) is 23.7 Å². The summed E-state index contributed by atoms with van der Waals surface area (Å²) in [4.78, 5) is 37.7. The Morgan fingerprint density at radius 2 is 2.00 bits per heavy atom. The van der Waals surface area contributed by atoms with Crippen molar-refractivity contribution in [2.45, 2.75) is 13.5 Å². The number of hydrogen-bond acceptors (Lipinski definition) is 4. The molecule has 26 heavy (non-hydrogen) atoms. The summed E-state index contributed by atoms with van der Waals surface area (Å²) < 4.78 is 2.71. The second-order valence-electron chi connectivity index (χ2n) is 5.89. The molecule has 1 amide bonds. The number of amides is 1. The molecule has 2 heterocycles. The van der Waals surface area contributed by atoms with Gasteiger partial charge in [0.25, 0.3) is 5.56 Å². The molecule has 8 heteroatoms. The van der Waals surface area contributed by atoms with Crippen LogP contribution in [0, 0.1) is 0 Å². The summed E-state index contributed by atoms with van der Waals surface area (Å²) in [5.74, 6) is -1.06. The van der Waals surface area contributed by atoms with E-state index in [2.05, 4.69) is 0 Å². The highest BCUT2D eigenvalue weighted by Crippen LogP contribution is 2.17. The van der Waals surface area contributed by atoms with Crippen LogP contribution in [-0.2, 0) is 11.3 Å². The van der Waals surface area contributed by atoms with Gasteiger partial charge in [0.2, 0.25) is 11.3 Å². The molecule has 0 saturated carbocycles. The molecule has 0 aliphatic carbocycles. The molecule has 3 aromatic rings. The normalized spacial score (nSPS) is 10.9. The number of aromatic hydroxyl groups is 1. The van der Waals surface area contributed by atoms with Crippen LogP contribution in [0.15, 0.2) is 52.4 Å². The number of fused-ring (bicyclic) bond motifs is 1. The van der Waals surface area contributed by atoms with Crippen molar-refractivity contribution in [2.24, 2.45) is 0 Å². The molecule has 3 rings (SSSR count). The van der Waals surface area contributed by atoms with Crippen LogP contribution in [0.5, 0.6) is 5.75 Å². The van der Waals surface area contributed by atoms with Gasteiger partial charge in [-0.3, -0.25) is 14.4 Å². The second-order valence-corrected chi connectivity index (χ2v) is 6.32. The summed E-state index contributed by atoms with van der Waals surface area (Å²) in [7, 11) is 1.42. The summed E-state index contributed by atoms with van der Waals surface area (Å²) in [5, 5.41) is 10.8. The Morgan fingerprint density at radius 1 is 1.27 bits per heavy atom. The molecule has 2 aromatic heterocycles. The van der Waals surface area contributed by atoms with Crippen molar-refractivity contribution in [1.29, 1.82) is 0 Å². The lowest BCUT2D eigenvalue weighted by Gasteiger charge is -2.16. The topological polar surface area (TPSA) is 84.0 Å². The van der Waals surface area contributed by atoms with Gasteiger partial charge in [0.15, 0.2) is 11.3 Å². The predicted octanol–water partition coefficient (Wildman–Crippen LogP) is 1.85. The summed E-state index contributed by atoms with van der Waals surface area (Å²) in [5.41, 5.74) is -0.669. The molecule has 0 aliphatic heterocycles. The average molecular weight is 374 g/mol. The SMILES string of the molecule is CC(=O)N(C)c1cn2ccn(Cc3cccc(Cl)c3)c(=O)c2c(O)c1=O. The lowest BCUT2D eigenvalue weighted by molar-refractivity contribution is -0.116. The van der Waals surface area contributed by atoms with Gasteiger partial charge in [0, 0.05) is 37.6 Å². The molecule has 7 nitrogen and oxygen atoms in total. The molecule has 1 aromatic carbocycles. The van der Waals surface area contributed by atoms with Gasteiger partial charge in [-0.15, -0.1) is 0 Å². The monoisotopic (exact) mass is 373 g/mol. The fraction of sp³-hybridized carbons (Fsp3) is 0.167. The van der Waals surface area contributed by atoms with E-state index >= 15 is 0 Å². The predicted molar refractivity (Wildman–Crippen MR) is 99.2 cm³/mol. The van der Waals surface area contributed by atoms with E-state index in [1.165, 1.54) is 41.5 Å². The molecule has 0 radical (unpaired) electrons. The minimum absolute atomic E-state index is 0.0144. The minimum atomic E-state index is -0.777. The number of pyridine rings is 1. The molecular weight excluding hydrogens is 358 g/mol. The largest absolute Gasteiger partial charge is 0.502 e. The zero-order valence-corrected chi connectivity index (χ0v) is 14.9. The van der Waals surface area contributed by atoms with Gasteiger partial charge in [0.05, 0.1) is 6.54 Å². The first-order chi connectivity index (χ1) is 12.3. The van der Waals surface area contributed by atoms with Crippen molar-refractivity contribution >= 4 is 28.7 Å². The van der Waals surface area contributed by atoms with E-state index in [0.29, 0.717) is 5.02 Å². The van der Waals surface area contributed by atoms with Gasteiger partial charge in [0.1, 0.15) is 5.69 Å².